The predicted octanol–water partition coefficient (Wildman–Crippen LogP) is 2.83. The quantitative estimate of drug-likeness (QED) is 0.171. The molecule has 2 bridgehead atoms. The lowest BCUT2D eigenvalue weighted by molar-refractivity contribution is -0.0670. The van der Waals surface area contributed by atoms with E-state index in [0.717, 1.165) is 34.3 Å². The third kappa shape index (κ3) is 6.66. The number of ether oxygens (including phenoxy) is 2. The fourth-order valence-corrected chi connectivity index (χ4v) is 9.22. The van der Waals surface area contributed by atoms with Gasteiger partial charge in [-0.15, -0.1) is 0 Å². The highest BCUT2D eigenvalue weighted by molar-refractivity contribution is 7.47. The number of nitrogens with zero attached hydrogens (tertiary/aromatic N) is 6. The molecule has 3 saturated heterocycles. The van der Waals surface area contributed by atoms with Crippen molar-refractivity contribution < 1.29 is 59.7 Å². The Bertz CT molecular complexity index is 2170. The topological polar surface area (TPSA) is 260 Å². The molecule has 7 heterocycles. The number of aromatic nitrogens is 7. The van der Waals surface area contributed by atoms with Gasteiger partial charge in [0.15, 0.2) is 49.9 Å². The lowest BCUT2D eigenvalue weighted by atomic mass is 10.1. The van der Waals surface area contributed by atoms with E-state index < -0.39 is 108 Å². The average molecular weight is 793 g/mol. The Labute approximate surface area is 293 Å². The standard InChI is InChI=1S/C27H36F2N8O12P2Si/c1-27(2,3)52(4,5)49-19-14-8-44-50(39,40)47-18-13(45-25(16(18)29)37-11-35-17-21(30)31-9-33-23(17)37)7-43-51(41,42)48-20(19)26(46-14)36-6-12(28)15-22(36)32-10-34-24(15)38/h6,9-11,13-14,16,18-20,25-26H,7-8H2,1-5H3,(H,39,40)(H,41,42)(H2,30,31,33)(H,32,34,38)/t13-,14-,16-,18-,19-,20-,25-,26-/m1/s1. The molecule has 0 spiro atoms. The molecule has 3 aliphatic rings. The van der Waals surface area contributed by atoms with Crippen LogP contribution in [0.5, 0.6) is 0 Å². The van der Waals surface area contributed by atoms with Gasteiger partial charge in [0.2, 0.25) is 0 Å². The zero-order valence-corrected chi connectivity index (χ0v) is 31.0. The van der Waals surface area contributed by atoms with Crippen molar-refractivity contribution in [3.8, 4) is 0 Å². The summed E-state index contributed by atoms with van der Waals surface area (Å²) in [5, 5.41) is -0.878. The maximum absolute atomic E-state index is 16.2. The lowest BCUT2D eigenvalue weighted by Crippen LogP contribution is -2.50. The minimum Gasteiger partial charge on any atom is -0.408 e. The van der Waals surface area contributed by atoms with Crippen LogP contribution in [0.25, 0.3) is 22.2 Å². The monoisotopic (exact) mass is 792 g/mol. The Morgan fingerprint density at radius 1 is 0.981 bits per heavy atom. The maximum Gasteiger partial charge on any atom is 0.472 e. The van der Waals surface area contributed by atoms with E-state index in [9.17, 15) is 23.7 Å². The van der Waals surface area contributed by atoms with E-state index in [1.54, 1.807) is 0 Å². The molecule has 20 nitrogen and oxygen atoms in total. The summed E-state index contributed by atoms with van der Waals surface area (Å²) in [6.07, 6.45) is -8.94. The highest BCUT2D eigenvalue weighted by atomic mass is 31.2. The number of rotatable bonds is 4. The molecule has 0 aliphatic carbocycles. The summed E-state index contributed by atoms with van der Waals surface area (Å²) < 4.78 is 101. The molecule has 0 aromatic carbocycles. The van der Waals surface area contributed by atoms with Crippen LogP contribution in [-0.4, -0.2) is 102 Å². The zero-order chi connectivity index (χ0) is 37.5. The number of nitrogens with one attached hydrogen (secondary N) is 1. The van der Waals surface area contributed by atoms with Gasteiger partial charge in [-0.1, -0.05) is 20.8 Å². The fourth-order valence-electron chi connectivity index (χ4n) is 6.02. The molecule has 3 fully saturated rings. The van der Waals surface area contributed by atoms with Crippen LogP contribution in [0, 0.1) is 5.82 Å². The second kappa shape index (κ2) is 13.1. The highest BCUT2D eigenvalue weighted by Gasteiger charge is 2.57. The van der Waals surface area contributed by atoms with Gasteiger partial charge in [-0.3, -0.25) is 27.5 Å². The molecule has 3 aliphatic heterocycles. The molecule has 25 heteroatoms. The Morgan fingerprint density at radius 3 is 2.33 bits per heavy atom. The van der Waals surface area contributed by atoms with Gasteiger partial charge in [0.05, 0.1) is 25.9 Å². The van der Waals surface area contributed by atoms with Gasteiger partial charge in [-0.25, -0.2) is 37.8 Å². The van der Waals surface area contributed by atoms with E-state index in [-0.39, 0.29) is 22.6 Å². The van der Waals surface area contributed by atoms with Crippen molar-refractivity contribution in [2.24, 2.45) is 0 Å². The molecule has 2 unspecified atom stereocenters. The lowest BCUT2D eigenvalue weighted by Gasteiger charge is -2.40. The van der Waals surface area contributed by atoms with E-state index >= 15 is 8.78 Å². The molecule has 10 atom stereocenters. The summed E-state index contributed by atoms with van der Waals surface area (Å²) in [6, 6.07) is 0. The number of hydrogen-bond donors (Lipinski definition) is 4. The van der Waals surface area contributed by atoms with Gasteiger partial charge in [0, 0.05) is 6.20 Å². The van der Waals surface area contributed by atoms with Crippen molar-refractivity contribution in [3.63, 3.8) is 0 Å². The summed E-state index contributed by atoms with van der Waals surface area (Å²) in [6.45, 7) is 7.82. The SMILES string of the molecule is CC(C)(C)[Si](C)(C)O[C@H]1[C@H]2OP(=O)(O)OC[C@H]3O[C@@H](n4cnc5c(N)ncnc54)[C@H](F)[C@@H]3OP(=O)(O)OC[C@H]1O[C@H]2n1cc(F)c2c(=O)[nH]cnc21. The average Bonchev–Trinajstić information content (AvgIpc) is 3.79. The van der Waals surface area contributed by atoms with Crippen molar-refractivity contribution >= 4 is 52.0 Å². The molecule has 5 N–H and O–H groups in total. The first-order chi connectivity index (χ1) is 24.3. The number of phosphoric acid groups is 2. The van der Waals surface area contributed by atoms with Crippen LogP contribution in [0.2, 0.25) is 18.1 Å². The van der Waals surface area contributed by atoms with Crippen molar-refractivity contribution in [1.29, 1.82) is 0 Å². The maximum atomic E-state index is 16.2. The molecule has 0 radical (unpaired) electrons. The number of nitrogen functional groups attached to an aromatic ring is 1. The number of H-pyrrole nitrogens is 1. The summed E-state index contributed by atoms with van der Waals surface area (Å²) >= 11 is 0. The van der Waals surface area contributed by atoms with Gasteiger partial charge < -0.3 is 39.0 Å². The number of anilines is 1. The normalized spacial score (nSPS) is 34.9. The number of alkyl halides is 1. The summed E-state index contributed by atoms with van der Waals surface area (Å²) in [4.78, 5) is 52.9. The van der Waals surface area contributed by atoms with E-state index in [0.29, 0.717) is 0 Å². The van der Waals surface area contributed by atoms with Crippen LogP contribution in [0.15, 0.2) is 30.0 Å². The molecular formula is C27H36F2N8O12P2Si. The van der Waals surface area contributed by atoms with Crippen LogP contribution >= 0.6 is 15.6 Å². The van der Waals surface area contributed by atoms with Gasteiger partial charge >= 0.3 is 15.6 Å². The molecule has 52 heavy (non-hydrogen) atoms. The predicted molar refractivity (Wildman–Crippen MR) is 176 cm³/mol. The second-order valence-electron chi connectivity index (χ2n) is 14.0. The van der Waals surface area contributed by atoms with Crippen molar-refractivity contribution in [2.75, 3.05) is 18.9 Å². The number of nitrogens with two attached hydrogens (primary N) is 1. The van der Waals surface area contributed by atoms with Crippen LogP contribution < -0.4 is 11.3 Å². The Hall–Kier alpha value is -3.05. The van der Waals surface area contributed by atoms with Crippen LogP contribution in [-0.2, 0) is 41.1 Å². The highest BCUT2D eigenvalue weighted by Crippen LogP contribution is 2.55. The second-order valence-corrected chi connectivity index (χ2v) is 21.6. The van der Waals surface area contributed by atoms with Crippen molar-refractivity contribution in [1.82, 2.24) is 34.1 Å². The first-order valence-corrected chi connectivity index (χ1v) is 21.8. The molecular weight excluding hydrogens is 756 g/mol. The Morgan fingerprint density at radius 2 is 1.63 bits per heavy atom. The smallest absolute Gasteiger partial charge is 0.408 e. The number of hydrogen-bond acceptors (Lipinski definition) is 15. The van der Waals surface area contributed by atoms with Gasteiger partial charge in [0.25, 0.3) is 5.56 Å². The van der Waals surface area contributed by atoms with E-state index in [2.05, 4.69) is 24.9 Å². The van der Waals surface area contributed by atoms with E-state index in [4.69, 9.17) is 37.7 Å². The largest absolute Gasteiger partial charge is 0.472 e. The summed E-state index contributed by atoms with van der Waals surface area (Å²) in [5.41, 5.74) is 5.02. The fraction of sp³-hybridized carbons (Fsp3) is 0.593. The number of imidazole rings is 1. The van der Waals surface area contributed by atoms with Crippen LogP contribution in [0.1, 0.15) is 33.2 Å². The molecule has 4 aromatic heterocycles. The zero-order valence-electron chi connectivity index (χ0n) is 28.2. The number of halogens is 2. The molecule has 4 aromatic rings. The first kappa shape index (κ1) is 37.3. The van der Waals surface area contributed by atoms with Gasteiger partial charge in [0.1, 0.15) is 47.8 Å². The minimum atomic E-state index is -5.22. The number of fused-ring (bicyclic) bond motifs is 5. The van der Waals surface area contributed by atoms with Crippen molar-refractivity contribution in [2.45, 2.75) is 88.1 Å². The number of aromatic amines is 1. The molecule has 7 rings (SSSR count). The summed E-state index contributed by atoms with van der Waals surface area (Å²) in [7, 11) is -13.2. The molecule has 0 amide bonds. The van der Waals surface area contributed by atoms with Gasteiger partial charge in [-0.2, -0.15) is 0 Å². The van der Waals surface area contributed by atoms with E-state index in [1.165, 1.54) is 0 Å². The Balaban J connectivity index is 1.27. The summed E-state index contributed by atoms with van der Waals surface area (Å²) in [5.74, 6) is -0.992. The van der Waals surface area contributed by atoms with Crippen molar-refractivity contribution in [3.05, 3.63) is 41.3 Å². The van der Waals surface area contributed by atoms with Crippen LogP contribution in [0.4, 0.5) is 14.6 Å². The third-order valence-electron chi connectivity index (χ3n) is 9.61. The first-order valence-electron chi connectivity index (χ1n) is 15.9. The Kier molecular flexibility index (Phi) is 9.36. The van der Waals surface area contributed by atoms with Crippen LogP contribution in [0.3, 0.4) is 0 Å². The number of phosphoric ester groups is 2. The van der Waals surface area contributed by atoms with Gasteiger partial charge in [-0.05, 0) is 18.1 Å². The minimum absolute atomic E-state index is 0.00450. The van der Waals surface area contributed by atoms with E-state index in [1.807, 2.05) is 33.9 Å². The third-order valence-corrected chi connectivity index (χ3v) is 16.1. The molecule has 0 saturated carbocycles. The molecule has 284 valence electrons.